The van der Waals surface area contributed by atoms with Crippen molar-refractivity contribution in [2.75, 3.05) is 0 Å². The van der Waals surface area contributed by atoms with E-state index < -0.39 is 0 Å². The molecule has 0 fully saturated rings. The van der Waals surface area contributed by atoms with Gasteiger partial charge in [0, 0.05) is 9.75 Å². The highest BCUT2D eigenvalue weighted by Crippen LogP contribution is 2.33. The predicted octanol–water partition coefficient (Wildman–Crippen LogP) is 11.9. The van der Waals surface area contributed by atoms with Gasteiger partial charge in [0.15, 0.2) is 0 Å². The SMILES string of the molecule is CC(C)CCCC(C)CCc1csc(-c2ccc(-c3cc(CCC(C)CCCC(C)C)cs3)cc2)c1. The van der Waals surface area contributed by atoms with E-state index in [-0.39, 0.29) is 0 Å². The average Bonchev–Trinajstić information content (AvgIpc) is 3.51. The van der Waals surface area contributed by atoms with E-state index >= 15 is 0 Å². The fraction of sp³-hybridized carbons (Fsp3) is 0.588. The highest BCUT2D eigenvalue weighted by Gasteiger charge is 2.09. The third-order valence-electron chi connectivity index (χ3n) is 7.57. The van der Waals surface area contributed by atoms with Crippen LogP contribution in [0.4, 0.5) is 0 Å². The van der Waals surface area contributed by atoms with Gasteiger partial charge < -0.3 is 0 Å². The Bertz CT molecular complexity index is 907. The highest BCUT2D eigenvalue weighted by atomic mass is 32.1. The Balaban J connectivity index is 1.46. The van der Waals surface area contributed by atoms with Gasteiger partial charge in [-0.25, -0.2) is 0 Å². The van der Waals surface area contributed by atoms with Gasteiger partial charge in [-0.05, 0) is 94.5 Å². The molecule has 0 saturated carbocycles. The lowest BCUT2D eigenvalue weighted by Crippen LogP contribution is -1.98. The summed E-state index contributed by atoms with van der Waals surface area (Å²) in [4.78, 5) is 2.81. The molecule has 0 bridgehead atoms. The van der Waals surface area contributed by atoms with Gasteiger partial charge in [0.1, 0.15) is 0 Å². The van der Waals surface area contributed by atoms with E-state index in [0.717, 1.165) is 23.7 Å². The summed E-state index contributed by atoms with van der Waals surface area (Å²) >= 11 is 3.80. The molecule has 2 aromatic heterocycles. The molecule has 3 aromatic rings. The molecule has 1 aromatic carbocycles. The van der Waals surface area contributed by atoms with Crippen molar-refractivity contribution in [3.8, 4) is 20.9 Å². The average molecular weight is 523 g/mol. The first-order valence-electron chi connectivity index (χ1n) is 14.6. The number of benzene rings is 1. The smallest absolute Gasteiger partial charge is 0.0345 e. The van der Waals surface area contributed by atoms with Crippen LogP contribution in [-0.4, -0.2) is 0 Å². The largest absolute Gasteiger partial charge is 0.144 e. The van der Waals surface area contributed by atoms with Crippen molar-refractivity contribution >= 4 is 22.7 Å². The van der Waals surface area contributed by atoms with E-state index in [4.69, 9.17) is 0 Å². The Morgan fingerprint density at radius 2 is 0.917 bits per heavy atom. The van der Waals surface area contributed by atoms with Gasteiger partial charge in [-0.1, -0.05) is 104 Å². The van der Waals surface area contributed by atoms with Crippen LogP contribution in [0.5, 0.6) is 0 Å². The number of hydrogen-bond donors (Lipinski definition) is 0. The third-order valence-corrected chi connectivity index (χ3v) is 9.63. The monoisotopic (exact) mass is 522 g/mol. The van der Waals surface area contributed by atoms with Crippen molar-refractivity contribution in [3.63, 3.8) is 0 Å². The Labute approximate surface area is 230 Å². The second kappa shape index (κ2) is 15.1. The molecule has 0 aliphatic carbocycles. The number of hydrogen-bond acceptors (Lipinski definition) is 2. The van der Waals surface area contributed by atoms with Crippen LogP contribution in [0, 0.1) is 23.7 Å². The summed E-state index contributed by atoms with van der Waals surface area (Å²) in [6, 6.07) is 14.1. The van der Waals surface area contributed by atoms with Crippen LogP contribution in [0.2, 0.25) is 0 Å². The molecule has 0 saturated heterocycles. The Kier molecular flexibility index (Phi) is 12.3. The van der Waals surface area contributed by atoms with Gasteiger partial charge in [-0.3, -0.25) is 0 Å². The van der Waals surface area contributed by atoms with Crippen LogP contribution in [0.25, 0.3) is 20.9 Å². The van der Waals surface area contributed by atoms with Crippen LogP contribution in [-0.2, 0) is 12.8 Å². The number of rotatable bonds is 16. The van der Waals surface area contributed by atoms with Crippen LogP contribution >= 0.6 is 22.7 Å². The fourth-order valence-electron chi connectivity index (χ4n) is 4.98. The number of thiophene rings is 2. The summed E-state index contributed by atoms with van der Waals surface area (Å²) in [6.45, 7) is 14.2. The minimum atomic E-state index is 0.829. The standard InChI is InChI=1S/C34H50S2/c1-25(2)9-7-11-27(5)13-15-29-21-33(35-23-29)31-17-19-32(20-18-31)34-22-30(24-36-34)16-14-28(6)12-8-10-26(3)4/h17-28H,7-16H2,1-6H3. The summed E-state index contributed by atoms with van der Waals surface area (Å²) < 4.78 is 0. The molecule has 198 valence electrons. The first-order valence-corrected chi connectivity index (χ1v) is 16.3. The molecule has 0 aliphatic rings. The zero-order valence-electron chi connectivity index (χ0n) is 23.8. The summed E-state index contributed by atoms with van der Waals surface area (Å²) in [5.74, 6) is 3.33. The normalized spacial score (nSPS) is 13.6. The molecule has 0 N–H and O–H groups in total. The maximum absolute atomic E-state index is 2.43. The van der Waals surface area contributed by atoms with Crippen LogP contribution < -0.4 is 0 Å². The Morgan fingerprint density at radius 1 is 0.528 bits per heavy atom. The lowest BCUT2D eigenvalue weighted by Gasteiger charge is -2.11. The third kappa shape index (κ3) is 10.2. The minimum absolute atomic E-state index is 0.829. The summed E-state index contributed by atoms with van der Waals surface area (Å²) in [5.41, 5.74) is 5.73. The Morgan fingerprint density at radius 3 is 1.28 bits per heavy atom. The van der Waals surface area contributed by atoms with E-state index in [0.29, 0.717) is 0 Å². The van der Waals surface area contributed by atoms with E-state index in [2.05, 4.69) is 88.7 Å². The molecule has 36 heavy (non-hydrogen) atoms. The molecule has 0 spiro atoms. The van der Waals surface area contributed by atoms with E-state index in [1.807, 2.05) is 22.7 Å². The molecule has 0 aliphatic heterocycles. The summed E-state index contributed by atoms with van der Waals surface area (Å²) in [7, 11) is 0. The molecule has 2 heterocycles. The highest BCUT2D eigenvalue weighted by molar-refractivity contribution is 7.14. The van der Waals surface area contributed by atoms with Crippen LogP contribution in [0.3, 0.4) is 0 Å². The molecule has 2 heteroatoms. The van der Waals surface area contributed by atoms with Crippen molar-refractivity contribution in [2.24, 2.45) is 23.7 Å². The van der Waals surface area contributed by atoms with Gasteiger partial charge >= 0.3 is 0 Å². The van der Waals surface area contributed by atoms with Crippen LogP contribution in [0.1, 0.15) is 104 Å². The van der Waals surface area contributed by atoms with Crippen LogP contribution in [0.15, 0.2) is 47.2 Å². The topological polar surface area (TPSA) is 0 Å². The van der Waals surface area contributed by atoms with Gasteiger partial charge in [0.25, 0.3) is 0 Å². The lowest BCUT2D eigenvalue weighted by atomic mass is 9.94. The quantitative estimate of drug-likeness (QED) is 0.175. The summed E-state index contributed by atoms with van der Waals surface area (Å²) in [6.07, 6.45) is 13.3. The van der Waals surface area contributed by atoms with Crippen molar-refractivity contribution in [1.82, 2.24) is 0 Å². The van der Waals surface area contributed by atoms with Gasteiger partial charge in [-0.15, -0.1) is 22.7 Å². The molecule has 2 atom stereocenters. The second-order valence-electron chi connectivity index (χ2n) is 12.2. The second-order valence-corrected chi connectivity index (χ2v) is 14.0. The minimum Gasteiger partial charge on any atom is -0.144 e. The van der Waals surface area contributed by atoms with Gasteiger partial charge in [0.05, 0.1) is 0 Å². The maximum Gasteiger partial charge on any atom is 0.0345 e. The lowest BCUT2D eigenvalue weighted by molar-refractivity contribution is 0.437. The summed E-state index contributed by atoms with van der Waals surface area (Å²) in [5, 5.41) is 4.75. The number of aryl methyl sites for hydroxylation is 2. The van der Waals surface area contributed by atoms with Crippen molar-refractivity contribution in [2.45, 2.75) is 106 Å². The first-order chi connectivity index (χ1) is 17.3. The molecule has 2 unspecified atom stereocenters. The van der Waals surface area contributed by atoms with Gasteiger partial charge in [-0.2, -0.15) is 0 Å². The Hall–Kier alpha value is -1.38. The molecule has 0 nitrogen and oxygen atoms in total. The molecular formula is C34H50S2. The molecule has 3 rings (SSSR count). The van der Waals surface area contributed by atoms with E-state index in [1.54, 1.807) is 0 Å². The molecule has 0 radical (unpaired) electrons. The van der Waals surface area contributed by atoms with Crippen molar-refractivity contribution in [1.29, 1.82) is 0 Å². The zero-order chi connectivity index (χ0) is 25.9. The van der Waals surface area contributed by atoms with Crippen molar-refractivity contribution < 1.29 is 0 Å². The predicted molar refractivity (Wildman–Crippen MR) is 165 cm³/mol. The maximum atomic E-state index is 2.43. The van der Waals surface area contributed by atoms with E-state index in [9.17, 15) is 0 Å². The van der Waals surface area contributed by atoms with Crippen molar-refractivity contribution in [3.05, 3.63) is 58.3 Å². The molecular weight excluding hydrogens is 473 g/mol. The van der Waals surface area contributed by atoms with E-state index in [1.165, 1.54) is 96.2 Å². The first kappa shape index (κ1) is 29.2. The molecule has 0 amide bonds. The van der Waals surface area contributed by atoms with Gasteiger partial charge in [0.2, 0.25) is 0 Å². The fourth-order valence-corrected chi connectivity index (χ4v) is 6.89. The zero-order valence-corrected chi connectivity index (χ0v) is 25.4.